The van der Waals surface area contributed by atoms with Gasteiger partial charge >= 0.3 is 17.8 Å². The SMILES string of the molecule is C#CC(F)(F)C(F)(F)C(F)(F)C(F)C#N. The number of alkyl halides is 7. The predicted molar refractivity (Wildman–Crippen MR) is 34.2 cm³/mol. The number of hydrogen-bond donors (Lipinski definition) is 0. The Morgan fingerprint density at radius 1 is 1.07 bits per heavy atom. The highest BCUT2D eigenvalue weighted by Crippen LogP contribution is 2.47. The van der Waals surface area contributed by atoms with Crippen LogP contribution in [0.1, 0.15) is 0 Å². The zero-order chi connectivity index (χ0) is 12.5. The number of rotatable bonds is 3. The van der Waals surface area contributed by atoms with E-state index in [4.69, 9.17) is 5.26 Å². The first kappa shape index (κ1) is 13.6. The second kappa shape index (κ2) is 3.61. The van der Waals surface area contributed by atoms with Gasteiger partial charge in [-0.3, -0.25) is 0 Å². The Balaban J connectivity index is 5.41. The van der Waals surface area contributed by atoms with Crippen LogP contribution in [0.25, 0.3) is 0 Å². The lowest BCUT2D eigenvalue weighted by Crippen LogP contribution is -2.57. The van der Waals surface area contributed by atoms with Crippen molar-refractivity contribution < 1.29 is 30.7 Å². The van der Waals surface area contributed by atoms with Crippen LogP contribution in [-0.4, -0.2) is 23.9 Å². The molecule has 0 amide bonds. The summed E-state index contributed by atoms with van der Waals surface area (Å²) in [7, 11) is 0. The zero-order valence-corrected chi connectivity index (χ0v) is 6.75. The standard InChI is InChI=1S/C7H2F7N/c1-2-5(9,10)7(13,14)6(11,12)4(8)3-15/h1,4H. The van der Waals surface area contributed by atoms with Crippen molar-refractivity contribution in [1.82, 2.24) is 0 Å². The van der Waals surface area contributed by atoms with Crippen LogP contribution in [0.5, 0.6) is 0 Å². The average Bonchev–Trinajstić information content (AvgIpc) is 2.15. The van der Waals surface area contributed by atoms with Gasteiger partial charge in [0, 0.05) is 0 Å². The number of nitrogens with zero attached hydrogens (tertiary/aromatic N) is 1. The zero-order valence-electron chi connectivity index (χ0n) is 6.75. The lowest BCUT2D eigenvalue weighted by Gasteiger charge is -2.29. The maximum Gasteiger partial charge on any atom is 0.387 e. The molecular formula is C7H2F7N. The van der Waals surface area contributed by atoms with E-state index in [1.54, 1.807) is 0 Å². The van der Waals surface area contributed by atoms with Crippen molar-refractivity contribution in [2.24, 2.45) is 0 Å². The first-order chi connectivity index (χ1) is 6.54. The Labute approximate surface area is 79.5 Å². The molecule has 0 aromatic heterocycles. The fourth-order valence-corrected chi connectivity index (χ4v) is 0.540. The summed E-state index contributed by atoms with van der Waals surface area (Å²) in [5.41, 5.74) is 0. The van der Waals surface area contributed by atoms with E-state index in [0.717, 1.165) is 0 Å². The summed E-state index contributed by atoms with van der Waals surface area (Å²) in [6.07, 6.45) is -0.165. The third kappa shape index (κ3) is 1.84. The lowest BCUT2D eigenvalue weighted by molar-refractivity contribution is -0.300. The molecule has 0 saturated heterocycles. The topological polar surface area (TPSA) is 23.8 Å². The van der Waals surface area contributed by atoms with Crippen LogP contribution < -0.4 is 0 Å². The van der Waals surface area contributed by atoms with Gasteiger partial charge in [0.25, 0.3) is 6.17 Å². The predicted octanol–water partition coefficient (Wildman–Crippen LogP) is 2.39. The summed E-state index contributed by atoms with van der Waals surface area (Å²) in [5, 5.41) is 7.64. The van der Waals surface area contributed by atoms with Gasteiger partial charge in [-0.1, -0.05) is 0 Å². The molecule has 1 nitrogen and oxygen atoms in total. The van der Waals surface area contributed by atoms with Crippen LogP contribution >= 0.6 is 0 Å². The summed E-state index contributed by atoms with van der Waals surface area (Å²) in [6.45, 7) is 0. The molecule has 1 unspecified atom stereocenters. The Kier molecular flexibility index (Phi) is 3.26. The Morgan fingerprint density at radius 2 is 1.47 bits per heavy atom. The molecule has 0 rings (SSSR count). The minimum Gasteiger partial charge on any atom is -0.224 e. The van der Waals surface area contributed by atoms with Gasteiger partial charge in [-0.05, 0) is 5.92 Å². The van der Waals surface area contributed by atoms with E-state index in [-0.39, 0.29) is 12.0 Å². The molecule has 84 valence electrons. The fraction of sp³-hybridized carbons (Fsp3) is 0.571. The second-order valence-corrected chi connectivity index (χ2v) is 2.41. The van der Waals surface area contributed by atoms with Gasteiger partial charge in [-0.2, -0.15) is 31.6 Å². The van der Waals surface area contributed by atoms with Crippen molar-refractivity contribution in [3.8, 4) is 18.4 Å². The first-order valence-electron chi connectivity index (χ1n) is 3.19. The molecule has 0 spiro atoms. The van der Waals surface area contributed by atoms with Crippen LogP contribution in [0.2, 0.25) is 0 Å². The van der Waals surface area contributed by atoms with Crippen molar-refractivity contribution in [2.75, 3.05) is 0 Å². The molecule has 0 fully saturated rings. The summed E-state index contributed by atoms with van der Waals surface area (Å²) in [4.78, 5) is 0. The number of halogens is 7. The van der Waals surface area contributed by atoms with Gasteiger partial charge in [0.15, 0.2) is 0 Å². The summed E-state index contributed by atoms with van der Waals surface area (Å²) in [6, 6.07) is 0.109. The molecule has 0 aromatic carbocycles. The van der Waals surface area contributed by atoms with Crippen LogP contribution in [0.15, 0.2) is 0 Å². The molecular weight excluding hydrogens is 231 g/mol. The van der Waals surface area contributed by atoms with Crippen molar-refractivity contribution in [3.05, 3.63) is 0 Å². The normalized spacial score (nSPS) is 15.3. The molecule has 0 aliphatic carbocycles. The Morgan fingerprint density at radius 3 is 1.73 bits per heavy atom. The first-order valence-corrected chi connectivity index (χ1v) is 3.19. The molecule has 0 bridgehead atoms. The van der Waals surface area contributed by atoms with Crippen molar-refractivity contribution in [1.29, 1.82) is 5.26 Å². The highest BCUT2D eigenvalue weighted by atomic mass is 19.3. The van der Waals surface area contributed by atoms with Gasteiger partial charge < -0.3 is 0 Å². The van der Waals surface area contributed by atoms with E-state index >= 15 is 0 Å². The van der Waals surface area contributed by atoms with Gasteiger partial charge in [-0.25, -0.2) is 4.39 Å². The second-order valence-electron chi connectivity index (χ2n) is 2.41. The van der Waals surface area contributed by atoms with E-state index in [2.05, 4.69) is 6.42 Å². The fourth-order valence-electron chi connectivity index (χ4n) is 0.540. The van der Waals surface area contributed by atoms with E-state index < -0.39 is 23.9 Å². The Bertz CT molecular complexity index is 321. The number of terminal acetylenes is 1. The smallest absolute Gasteiger partial charge is 0.224 e. The molecule has 0 aromatic rings. The number of nitriles is 1. The maximum atomic E-state index is 12.4. The third-order valence-electron chi connectivity index (χ3n) is 1.43. The largest absolute Gasteiger partial charge is 0.387 e. The van der Waals surface area contributed by atoms with Crippen molar-refractivity contribution in [2.45, 2.75) is 23.9 Å². The van der Waals surface area contributed by atoms with E-state index in [0.29, 0.717) is 0 Å². The highest BCUT2D eigenvalue weighted by Gasteiger charge is 2.74. The summed E-state index contributed by atoms with van der Waals surface area (Å²) in [5.74, 6) is -17.4. The highest BCUT2D eigenvalue weighted by molar-refractivity contribution is 5.16. The minimum absolute atomic E-state index is 0.109. The maximum absolute atomic E-state index is 12.4. The van der Waals surface area contributed by atoms with Crippen molar-refractivity contribution >= 4 is 0 Å². The molecule has 15 heavy (non-hydrogen) atoms. The molecule has 0 saturated carbocycles. The van der Waals surface area contributed by atoms with Gasteiger partial charge in [-0.15, -0.1) is 6.42 Å². The quantitative estimate of drug-likeness (QED) is 0.542. The number of hydrogen-bond acceptors (Lipinski definition) is 1. The molecule has 0 aliphatic heterocycles. The lowest BCUT2D eigenvalue weighted by atomic mass is 10.0. The molecule has 0 radical (unpaired) electrons. The van der Waals surface area contributed by atoms with Crippen LogP contribution in [0.3, 0.4) is 0 Å². The van der Waals surface area contributed by atoms with Gasteiger partial charge in [0.2, 0.25) is 0 Å². The van der Waals surface area contributed by atoms with Crippen LogP contribution in [-0.2, 0) is 0 Å². The monoisotopic (exact) mass is 233 g/mol. The van der Waals surface area contributed by atoms with E-state index in [1.165, 1.54) is 0 Å². The molecule has 1 atom stereocenters. The van der Waals surface area contributed by atoms with E-state index in [1.807, 2.05) is 0 Å². The molecule has 8 heteroatoms. The molecule has 0 aliphatic rings. The van der Waals surface area contributed by atoms with Gasteiger partial charge in [0.1, 0.15) is 6.07 Å². The van der Waals surface area contributed by atoms with Crippen molar-refractivity contribution in [3.63, 3.8) is 0 Å². The van der Waals surface area contributed by atoms with Crippen LogP contribution in [0, 0.1) is 23.7 Å². The van der Waals surface area contributed by atoms with Gasteiger partial charge in [0.05, 0.1) is 0 Å². The van der Waals surface area contributed by atoms with E-state index in [9.17, 15) is 30.7 Å². The molecule has 0 N–H and O–H groups in total. The van der Waals surface area contributed by atoms with Crippen LogP contribution in [0.4, 0.5) is 30.7 Å². The average molecular weight is 233 g/mol. The minimum atomic E-state index is -6.14. The summed E-state index contributed by atoms with van der Waals surface area (Å²) < 4.78 is 85.9. The summed E-state index contributed by atoms with van der Waals surface area (Å²) >= 11 is 0. The Hall–Kier alpha value is -1.44. The molecule has 0 heterocycles. The third-order valence-corrected chi connectivity index (χ3v) is 1.43.